The molecule has 1 aromatic carbocycles. The Balaban J connectivity index is 2.12. The number of alkyl halides is 2. The van der Waals surface area contributed by atoms with E-state index in [9.17, 15) is 0 Å². The van der Waals surface area contributed by atoms with Crippen molar-refractivity contribution in [3.05, 3.63) is 42.1 Å². The quantitative estimate of drug-likeness (QED) is 0.849. The predicted octanol–water partition coefficient (Wildman–Crippen LogP) is 3.56. The molecule has 96 valence electrons. The van der Waals surface area contributed by atoms with Gasteiger partial charge in [0.2, 0.25) is 0 Å². The van der Waals surface area contributed by atoms with E-state index in [-0.39, 0.29) is 5.54 Å². The van der Waals surface area contributed by atoms with Gasteiger partial charge in [0.25, 0.3) is 0 Å². The lowest BCUT2D eigenvalue weighted by atomic mass is 10.1. The highest BCUT2D eigenvalue weighted by Crippen LogP contribution is 2.15. The summed E-state index contributed by atoms with van der Waals surface area (Å²) < 4.78 is 0. The van der Waals surface area contributed by atoms with E-state index in [1.807, 2.05) is 19.1 Å². The normalized spacial score (nSPS) is 11.9. The molecule has 0 unspecified atom stereocenters. The van der Waals surface area contributed by atoms with Crippen LogP contribution in [0.15, 0.2) is 36.5 Å². The molecular weight excluding hydrogens is 267 g/mol. The van der Waals surface area contributed by atoms with E-state index in [2.05, 4.69) is 28.5 Å². The van der Waals surface area contributed by atoms with Gasteiger partial charge in [0, 0.05) is 35.4 Å². The molecule has 2 rings (SSSR count). The van der Waals surface area contributed by atoms with Gasteiger partial charge in [-0.15, -0.1) is 23.2 Å². The third-order valence-electron chi connectivity index (χ3n) is 2.98. The first kappa shape index (κ1) is 13.6. The number of benzene rings is 1. The van der Waals surface area contributed by atoms with Crippen LogP contribution in [0.2, 0.25) is 0 Å². The molecule has 1 N–H and O–H groups in total. The molecule has 18 heavy (non-hydrogen) atoms. The summed E-state index contributed by atoms with van der Waals surface area (Å²) >= 11 is 11.8. The number of fused-ring (bicyclic) bond motifs is 1. The number of halogens is 2. The summed E-state index contributed by atoms with van der Waals surface area (Å²) in [5.41, 5.74) is 1.99. The molecule has 2 aromatic rings. The molecule has 0 aliphatic carbocycles. The molecule has 0 bridgehead atoms. The summed E-state index contributed by atoms with van der Waals surface area (Å²) in [5.74, 6) is 0.983. The van der Waals surface area contributed by atoms with Crippen LogP contribution in [0.4, 0.5) is 0 Å². The van der Waals surface area contributed by atoms with E-state index >= 15 is 0 Å². The van der Waals surface area contributed by atoms with Gasteiger partial charge in [-0.3, -0.25) is 4.98 Å². The van der Waals surface area contributed by atoms with Crippen molar-refractivity contribution < 1.29 is 0 Å². The second-order valence-electron chi connectivity index (χ2n) is 4.71. The summed E-state index contributed by atoms with van der Waals surface area (Å²) in [7, 11) is 0. The van der Waals surface area contributed by atoms with Crippen molar-refractivity contribution >= 4 is 34.1 Å². The zero-order chi connectivity index (χ0) is 13.0. The number of pyridine rings is 1. The molecule has 2 nitrogen and oxygen atoms in total. The van der Waals surface area contributed by atoms with Crippen molar-refractivity contribution in [2.24, 2.45) is 0 Å². The second-order valence-corrected chi connectivity index (χ2v) is 5.25. The van der Waals surface area contributed by atoms with Gasteiger partial charge in [0.1, 0.15) is 0 Å². The summed E-state index contributed by atoms with van der Waals surface area (Å²) in [6.07, 6.45) is 1.80. The van der Waals surface area contributed by atoms with Gasteiger partial charge in [-0.25, -0.2) is 0 Å². The highest BCUT2D eigenvalue weighted by molar-refractivity contribution is 6.22. The topological polar surface area (TPSA) is 24.9 Å². The van der Waals surface area contributed by atoms with Gasteiger partial charge in [0.15, 0.2) is 0 Å². The Kier molecular flexibility index (Phi) is 4.44. The van der Waals surface area contributed by atoms with Crippen molar-refractivity contribution in [3.8, 4) is 0 Å². The van der Waals surface area contributed by atoms with Crippen LogP contribution in [0.25, 0.3) is 10.9 Å². The monoisotopic (exact) mass is 282 g/mol. The van der Waals surface area contributed by atoms with E-state index in [0.717, 1.165) is 17.4 Å². The van der Waals surface area contributed by atoms with Crippen molar-refractivity contribution in [2.45, 2.75) is 19.0 Å². The van der Waals surface area contributed by atoms with Crippen molar-refractivity contribution in [1.29, 1.82) is 0 Å². The van der Waals surface area contributed by atoms with Gasteiger partial charge in [-0.05, 0) is 30.7 Å². The van der Waals surface area contributed by atoms with E-state index in [1.165, 1.54) is 5.56 Å². The fourth-order valence-electron chi connectivity index (χ4n) is 1.68. The third kappa shape index (κ3) is 3.14. The molecule has 1 aromatic heterocycles. The summed E-state index contributed by atoms with van der Waals surface area (Å²) in [4.78, 5) is 4.30. The largest absolute Gasteiger partial charge is 0.305 e. The Hall–Kier alpha value is -0.830. The minimum Gasteiger partial charge on any atom is -0.305 e. The third-order valence-corrected chi connectivity index (χ3v) is 4.16. The lowest BCUT2D eigenvalue weighted by Gasteiger charge is -2.26. The maximum absolute atomic E-state index is 5.91. The average Bonchev–Trinajstić information content (AvgIpc) is 2.44. The number of hydrogen-bond donors (Lipinski definition) is 1. The maximum Gasteiger partial charge on any atom is 0.0702 e. The van der Waals surface area contributed by atoms with Crippen LogP contribution in [0.1, 0.15) is 12.5 Å². The minimum atomic E-state index is -0.229. The summed E-state index contributed by atoms with van der Waals surface area (Å²) in [5, 5.41) is 4.54. The molecule has 0 saturated carbocycles. The van der Waals surface area contributed by atoms with E-state index < -0.39 is 0 Å². The molecule has 0 spiro atoms. The molecule has 1 heterocycles. The van der Waals surface area contributed by atoms with Gasteiger partial charge in [-0.1, -0.05) is 12.1 Å². The van der Waals surface area contributed by atoms with Crippen molar-refractivity contribution in [2.75, 3.05) is 11.8 Å². The lowest BCUT2D eigenvalue weighted by molar-refractivity contribution is 0.435. The van der Waals surface area contributed by atoms with E-state index in [0.29, 0.717) is 11.8 Å². The molecule has 4 heteroatoms. The maximum atomic E-state index is 5.91. The zero-order valence-electron chi connectivity index (χ0n) is 10.3. The minimum absolute atomic E-state index is 0.229. The van der Waals surface area contributed by atoms with Crippen molar-refractivity contribution in [1.82, 2.24) is 10.3 Å². The van der Waals surface area contributed by atoms with E-state index in [4.69, 9.17) is 23.2 Å². The number of nitrogens with zero attached hydrogens (tertiary/aromatic N) is 1. The second kappa shape index (κ2) is 5.87. The Morgan fingerprint density at radius 1 is 1.22 bits per heavy atom. The molecule has 0 aliphatic rings. The van der Waals surface area contributed by atoms with Crippen molar-refractivity contribution in [3.63, 3.8) is 0 Å². The molecule has 0 amide bonds. The Morgan fingerprint density at radius 2 is 2.00 bits per heavy atom. The zero-order valence-corrected chi connectivity index (χ0v) is 11.8. The fourth-order valence-corrected chi connectivity index (χ4v) is 2.16. The SMILES string of the molecule is CC(CCl)(CCl)NCc1ccc2ncccc2c1. The summed E-state index contributed by atoms with van der Waals surface area (Å²) in [6.45, 7) is 2.77. The van der Waals surface area contributed by atoms with Crippen LogP contribution in [-0.2, 0) is 6.54 Å². The standard InChI is InChI=1S/C14H16Cl2N2/c1-14(9-15,10-16)18-8-11-4-5-13-12(7-11)3-2-6-17-13/h2-7,18H,8-10H2,1H3. The smallest absolute Gasteiger partial charge is 0.0702 e. The Labute approximate surface area is 117 Å². The van der Waals surface area contributed by atoms with Gasteiger partial charge in [-0.2, -0.15) is 0 Å². The first-order valence-electron chi connectivity index (χ1n) is 5.87. The Morgan fingerprint density at radius 3 is 2.72 bits per heavy atom. The number of rotatable bonds is 5. The molecule has 0 radical (unpaired) electrons. The number of nitrogens with one attached hydrogen (secondary N) is 1. The average molecular weight is 283 g/mol. The first-order valence-corrected chi connectivity index (χ1v) is 6.94. The molecular formula is C14H16Cl2N2. The Bertz CT molecular complexity index is 524. The highest BCUT2D eigenvalue weighted by Gasteiger charge is 2.20. The van der Waals surface area contributed by atoms with Crippen LogP contribution in [0, 0.1) is 0 Å². The molecule has 0 aliphatic heterocycles. The fraction of sp³-hybridized carbons (Fsp3) is 0.357. The van der Waals surface area contributed by atoms with Crippen LogP contribution in [0.3, 0.4) is 0 Å². The van der Waals surface area contributed by atoms with Crippen LogP contribution in [-0.4, -0.2) is 22.3 Å². The van der Waals surface area contributed by atoms with Gasteiger partial charge >= 0.3 is 0 Å². The summed E-state index contributed by atoms with van der Waals surface area (Å²) in [6, 6.07) is 10.3. The van der Waals surface area contributed by atoms with E-state index in [1.54, 1.807) is 6.20 Å². The first-order chi connectivity index (χ1) is 8.67. The predicted molar refractivity (Wildman–Crippen MR) is 78.4 cm³/mol. The van der Waals surface area contributed by atoms with Crippen LogP contribution >= 0.6 is 23.2 Å². The highest BCUT2D eigenvalue weighted by atomic mass is 35.5. The van der Waals surface area contributed by atoms with Gasteiger partial charge < -0.3 is 5.32 Å². The number of aromatic nitrogens is 1. The lowest BCUT2D eigenvalue weighted by Crippen LogP contribution is -2.45. The molecule has 0 fully saturated rings. The van der Waals surface area contributed by atoms with Gasteiger partial charge in [0.05, 0.1) is 5.52 Å². The van der Waals surface area contributed by atoms with Crippen LogP contribution < -0.4 is 5.32 Å². The number of hydrogen-bond acceptors (Lipinski definition) is 2. The molecule has 0 atom stereocenters. The van der Waals surface area contributed by atoms with Crippen LogP contribution in [0.5, 0.6) is 0 Å². The molecule has 0 saturated heterocycles.